The van der Waals surface area contributed by atoms with Gasteiger partial charge in [0.15, 0.2) is 0 Å². The molecule has 0 spiro atoms. The zero-order chi connectivity index (χ0) is 39.2. The Kier molecular flexibility index (Phi) is 13.2. The molecular weight excluding hydrogens is 721 g/mol. The first-order valence-electron chi connectivity index (χ1n) is 17.4. The average Bonchev–Trinajstić information content (AvgIpc) is 3.43. The summed E-state index contributed by atoms with van der Waals surface area (Å²) in [5, 5.41) is 0. The van der Waals surface area contributed by atoms with E-state index >= 15 is 0 Å². The monoisotopic (exact) mass is 770 g/mol. The van der Waals surface area contributed by atoms with E-state index in [4.69, 9.17) is 9.47 Å². The topological polar surface area (TPSA) is 168 Å². The molecule has 2 aromatic carbocycles. The molecule has 0 bridgehead atoms. The largest absolute Gasteiger partial charge is 0.465 e. The van der Waals surface area contributed by atoms with Gasteiger partial charge in [-0.15, -0.1) is 0 Å². The Morgan fingerprint density at radius 3 is 1.79 bits per heavy atom. The van der Waals surface area contributed by atoms with Crippen molar-refractivity contribution in [3.8, 4) is 0 Å². The molecule has 0 aliphatic carbocycles. The Hall–Kier alpha value is -4.24. The van der Waals surface area contributed by atoms with Crippen molar-refractivity contribution in [2.24, 2.45) is 0 Å². The van der Waals surface area contributed by atoms with Crippen LogP contribution in [-0.2, 0) is 40.5 Å². The number of esters is 2. The third kappa shape index (κ3) is 10.0. The molecule has 4 rings (SSSR count). The molecule has 2 heterocycles. The molecule has 0 saturated heterocycles. The van der Waals surface area contributed by atoms with E-state index in [2.05, 4.69) is 43.6 Å². The minimum atomic E-state index is -4.06. The zero-order valence-electron chi connectivity index (χ0n) is 31.1. The maximum atomic E-state index is 12.3. The second kappa shape index (κ2) is 16.8. The van der Waals surface area contributed by atoms with Gasteiger partial charge in [-0.3, -0.25) is 9.11 Å². The fourth-order valence-electron chi connectivity index (χ4n) is 7.14. The number of carbonyl (C=O) groups excluding carboxylic acids is 2. The molecule has 2 aliphatic heterocycles. The van der Waals surface area contributed by atoms with Crippen molar-refractivity contribution in [1.82, 2.24) is 0 Å². The molecule has 288 valence electrons. The zero-order valence-corrected chi connectivity index (χ0v) is 32.7. The van der Waals surface area contributed by atoms with E-state index in [0.29, 0.717) is 49.9 Å². The van der Waals surface area contributed by atoms with E-state index in [1.807, 2.05) is 60.7 Å². The Morgan fingerprint density at radius 1 is 0.717 bits per heavy atom. The number of anilines is 2. The number of carbonyl (C=O) groups is 2. The number of hydrogen-bond donors (Lipinski definition) is 2. The fraction of sp³-hybridized carbons (Fsp3) is 0.436. The predicted molar refractivity (Wildman–Crippen MR) is 207 cm³/mol. The van der Waals surface area contributed by atoms with E-state index in [1.54, 1.807) is 12.1 Å². The van der Waals surface area contributed by atoms with Crippen LogP contribution in [0.4, 0.5) is 11.4 Å². The maximum Gasteiger partial charge on any atom is 0.337 e. The number of hydrogen-bond acceptors (Lipinski definition) is 10. The van der Waals surface area contributed by atoms with Gasteiger partial charge in [0.2, 0.25) is 0 Å². The van der Waals surface area contributed by atoms with Crippen molar-refractivity contribution in [1.29, 1.82) is 0 Å². The second-order valence-corrected chi connectivity index (χ2v) is 17.4. The highest BCUT2D eigenvalue weighted by atomic mass is 32.2. The third-order valence-electron chi connectivity index (χ3n) is 9.89. The number of benzene rings is 2. The van der Waals surface area contributed by atoms with Crippen LogP contribution in [0.1, 0.15) is 85.2 Å². The summed E-state index contributed by atoms with van der Waals surface area (Å²) in [6.07, 6.45) is 15.3. The third-order valence-corrected chi connectivity index (χ3v) is 11.5. The predicted octanol–water partition coefficient (Wildman–Crippen LogP) is 6.41. The van der Waals surface area contributed by atoms with E-state index in [-0.39, 0.29) is 17.5 Å². The fourth-order valence-corrected chi connectivity index (χ4v) is 8.28. The molecule has 1 atom stereocenters. The lowest BCUT2D eigenvalue weighted by Crippen LogP contribution is -2.40. The van der Waals surface area contributed by atoms with Crippen LogP contribution >= 0.6 is 0 Å². The lowest BCUT2D eigenvalue weighted by atomic mass is 9.80. The number of rotatable bonds is 16. The van der Waals surface area contributed by atoms with Crippen molar-refractivity contribution in [3.63, 3.8) is 0 Å². The minimum absolute atomic E-state index is 0.117. The number of methoxy groups -OCH3 is 2. The van der Waals surface area contributed by atoms with Crippen molar-refractivity contribution in [2.75, 3.05) is 48.6 Å². The standard InChI is InChI=1S/C39H50N2O10S2/c1-38(2)30-26-28(36(42)50-5)18-20-32(30)40(22-12-14-24-52(44,45)46)34(38)16-10-8-7-9-11-17-35-39(3,4)31-27-29(37(43)51-6)19-21-33(31)41(35)23-13-15-25-53(47,48)49/h7-11,16-21,26-27,34H,12-15,22-25H2,1-6H3,(H,44,45,46)(H,47,48,49). The van der Waals surface area contributed by atoms with Crippen LogP contribution in [0.2, 0.25) is 0 Å². The Bertz CT molecular complexity index is 2030. The van der Waals surface area contributed by atoms with E-state index in [0.717, 1.165) is 28.2 Å². The molecule has 0 fully saturated rings. The second-order valence-electron chi connectivity index (χ2n) is 14.3. The highest BCUT2D eigenvalue weighted by Crippen LogP contribution is 2.49. The molecular formula is C39H50N2O10S2. The highest BCUT2D eigenvalue weighted by molar-refractivity contribution is 7.86. The molecule has 2 aliphatic rings. The van der Waals surface area contributed by atoms with Crippen LogP contribution in [0.15, 0.2) is 84.6 Å². The summed E-state index contributed by atoms with van der Waals surface area (Å²) in [6.45, 7) is 9.37. The van der Waals surface area contributed by atoms with Crippen LogP contribution in [0.3, 0.4) is 0 Å². The van der Waals surface area contributed by atoms with Crippen LogP contribution in [0, 0.1) is 0 Å². The van der Waals surface area contributed by atoms with E-state index in [9.17, 15) is 35.5 Å². The minimum Gasteiger partial charge on any atom is -0.465 e. The average molecular weight is 771 g/mol. The molecule has 12 nitrogen and oxygen atoms in total. The summed E-state index contributed by atoms with van der Waals surface area (Å²) in [7, 11) is -5.44. The van der Waals surface area contributed by atoms with E-state index < -0.39 is 43.0 Å². The van der Waals surface area contributed by atoms with Gasteiger partial charge in [0.1, 0.15) is 0 Å². The summed E-state index contributed by atoms with van der Waals surface area (Å²) < 4.78 is 73.5. The first-order chi connectivity index (χ1) is 24.8. The van der Waals surface area contributed by atoms with Gasteiger partial charge in [-0.1, -0.05) is 64.2 Å². The molecule has 0 aromatic heterocycles. The van der Waals surface area contributed by atoms with Gasteiger partial charge in [-0.2, -0.15) is 16.8 Å². The van der Waals surface area contributed by atoms with Gasteiger partial charge < -0.3 is 19.3 Å². The van der Waals surface area contributed by atoms with Crippen molar-refractivity contribution >= 4 is 43.5 Å². The smallest absolute Gasteiger partial charge is 0.337 e. The SMILES string of the molecule is COC(=O)c1ccc2c(c1)C(C)(C)C(=CC=CC=CC=CC1N(CCCCS(=O)(=O)O)c3ccc(C(=O)OC)cc3C1(C)C)N2CCCCS(=O)(=O)O. The Morgan fingerprint density at radius 2 is 1.23 bits per heavy atom. The molecule has 53 heavy (non-hydrogen) atoms. The van der Waals surface area contributed by atoms with Gasteiger partial charge >= 0.3 is 11.9 Å². The molecule has 1 unspecified atom stereocenters. The molecule has 0 radical (unpaired) electrons. The lowest BCUT2D eigenvalue weighted by Gasteiger charge is -2.32. The van der Waals surface area contributed by atoms with Gasteiger partial charge in [-0.05, 0) is 79.3 Å². The molecule has 0 saturated carbocycles. The molecule has 2 aromatic rings. The number of ether oxygens (including phenoxy) is 2. The van der Waals surface area contributed by atoms with Crippen LogP contribution in [0.5, 0.6) is 0 Å². The van der Waals surface area contributed by atoms with Gasteiger partial charge in [-0.25, -0.2) is 9.59 Å². The molecule has 14 heteroatoms. The Balaban J connectivity index is 1.55. The normalized spacial score (nSPS) is 18.7. The summed E-state index contributed by atoms with van der Waals surface area (Å²) in [5.41, 5.74) is 4.72. The maximum absolute atomic E-state index is 12.3. The molecule has 2 N–H and O–H groups in total. The quantitative estimate of drug-likeness (QED) is 0.0834. The number of fused-ring (bicyclic) bond motifs is 2. The van der Waals surface area contributed by atoms with Gasteiger partial charge in [0.05, 0.1) is 42.9 Å². The summed E-state index contributed by atoms with van der Waals surface area (Å²) in [4.78, 5) is 29.0. The summed E-state index contributed by atoms with van der Waals surface area (Å²) >= 11 is 0. The summed E-state index contributed by atoms with van der Waals surface area (Å²) in [5.74, 6) is -1.49. The van der Waals surface area contributed by atoms with Crippen molar-refractivity contribution < 1.29 is 45.0 Å². The van der Waals surface area contributed by atoms with Crippen LogP contribution in [0.25, 0.3) is 0 Å². The van der Waals surface area contributed by atoms with Crippen LogP contribution < -0.4 is 9.80 Å². The van der Waals surface area contributed by atoms with Gasteiger partial charge in [0, 0.05) is 41.0 Å². The summed E-state index contributed by atoms with van der Waals surface area (Å²) in [6, 6.07) is 10.8. The van der Waals surface area contributed by atoms with Crippen molar-refractivity contribution in [3.05, 3.63) is 107 Å². The number of unbranched alkanes of at least 4 members (excludes halogenated alkanes) is 2. The van der Waals surface area contributed by atoms with Crippen LogP contribution in [-0.4, -0.2) is 82.7 Å². The van der Waals surface area contributed by atoms with Crippen molar-refractivity contribution in [2.45, 2.75) is 70.3 Å². The first kappa shape index (κ1) is 41.5. The lowest BCUT2D eigenvalue weighted by molar-refractivity contribution is 0.0591. The van der Waals surface area contributed by atoms with Gasteiger partial charge in [0.25, 0.3) is 20.2 Å². The molecule has 0 amide bonds. The van der Waals surface area contributed by atoms with E-state index in [1.165, 1.54) is 14.2 Å². The number of nitrogens with zero attached hydrogens (tertiary/aromatic N) is 2. The Labute approximate surface area is 313 Å². The first-order valence-corrected chi connectivity index (χ1v) is 20.7. The highest BCUT2D eigenvalue weighted by Gasteiger charge is 2.43. The number of allylic oxidation sites excluding steroid dienone is 7.